The number of rotatable bonds is 6. The fourth-order valence-corrected chi connectivity index (χ4v) is 3.15. The van der Waals surface area contributed by atoms with Crippen LogP contribution in [0, 0.1) is 19.8 Å². The minimum absolute atomic E-state index is 0.153. The summed E-state index contributed by atoms with van der Waals surface area (Å²) in [7, 11) is 0. The SMILES string of the molecule is Cc1cccc(C)c1OCCCN1CCC(C(C)O)CC1. The molecule has 118 valence electrons. The molecule has 1 saturated heterocycles. The van der Waals surface area contributed by atoms with E-state index in [0.29, 0.717) is 5.92 Å². The van der Waals surface area contributed by atoms with Gasteiger partial charge in [-0.05, 0) is 70.2 Å². The highest BCUT2D eigenvalue weighted by Gasteiger charge is 2.22. The Morgan fingerprint density at radius 1 is 1.24 bits per heavy atom. The molecule has 0 aliphatic carbocycles. The number of para-hydroxylation sites is 1. The van der Waals surface area contributed by atoms with E-state index < -0.39 is 0 Å². The van der Waals surface area contributed by atoms with Crippen molar-refractivity contribution in [1.29, 1.82) is 0 Å². The van der Waals surface area contributed by atoms with Gasteiger partial charge in [0.15, 0.2) is 0 Å². The minimum Gasteiger partial charge on any atom is -0.493 e. The largest absolute Gasteiger partial charge is 0.493 e. The van der Waals surface area contributed by atoms with Crippen LogP contribution in [0.2, 0.25) is 0 Å². The maximum atomic E-state index is 9.62. The van der Waals surface area contributed by atoms with Crippen molar-refractivity contribution in [3.8, 4) is 5.75 Å². The quantitative estimate of drug-likeness (QED) is 0.817. The van der Waals surface area contributed by atoms with Gasteiger partial charge in [-0.2, -0.15) is 0 Å². The Kier molecular flexibility index (Phi) is 6.07. The second-order valence-corrected chi connectivity index (χ2v) is 6.34. The maximum absolute atomic E-state index is 9.62. The Labute approximate surface area is 128 Å². The van der Waals surface area contributed by atoms with E-state index in [2.05, 4.69) is 36.9 Å². The second-order valence-electron chi connectivity index (χ2n) is 6.34. The van der Waals surface area contributed by atoms with E-state index >= 15 is 0 Å². The van der Waals surface area contributed by atoms with Crippen LogP contribution in [0.15, 0.2) is 18.2 Å². The number of aryl methyl sites for hydroxylation is 2. The van der Waals surface area contributed by atoms with Gasteiger partial charge in [-0.25, -0.2) is 0 Å². The number of nitrogens with zero attached hydrogens (tertiary/aromatic N) is 1. The third-order valence-corrected chi connectivity index (χ3v) is 4.59. The molecular formula is C18H29NO2. The van der Waals surface area contributed by atoms with Gasteiger partial charge in [0.1, 0.15) is 5.75 Å². The number of aliphatic hydroxyl groups excluding tert-OH is 1. The Morgan fingerprint density at radius 2 is 1.86 bits per heavy atom. The van der Waals surface area contributed by atoms with E-state index in [1.807, 2.05) is 6.92 Å². The van der Waals surface area contributed by atoms with Crippen LogP contribution in [0.4, 0.5) is 0 Å². The van der Waals surface area contributed by atoms with Gasteiger partial charge in [-0.3, -0.25) is 0 Å². The van der Waals surface area contributed by atoms with E-state index in [9.17, 15) is 5.11 Å². The van der Waals surface area contributed by atoms with Crippen molar-refractivity contribution >= 4 is 0 Å². The van der Waals surface area contributed by atoms with Crippen molar-refractivity contribution in [3.63, 3.8) is 0 Å². The third-order valence-electron chi connectivity index (χ3n) is 4.59. The summed E-state index contributed by atoms with van der Waals surface area (Å²) in [5.74, 6) is 1.54. The van der Waals surface area contributed by atoms with E-state index in [0.717, 1.165) is 51.3 Å². The lowest BCUT2D eigenvalue weighted by molar-refractivity contribution is 0.0701. The van der Waals surface area contributed by atoms with Crippen LogP contribution in [0.1, 0.15) is 37.3 Å². The molecule has 1 unspecified atom stereocenters. The molecule has 3 nitrogen and oxygen atoms in total. The predicted molar refractivity (Wildman–Crippen MR) is 86.9 cm³/mol. The highest BCUT2D eigenvalue weighted by Crippen LogP contribution is 2.23. The number of likely N-dealkylation sites (tertiary alicyclic amines) is 1. The van der Waals surface area contributed by atoms with E-state index in [4.69, 9.17) is 4.74 Å². The summed E-state index contributed by atoms with van der Waals surface area (Å²) in [4.78, 5) is 2.49. The number of benzene rings is 1. The molecule has 0 bridgehead atoms. The zero-order valence-electron chi connectivity index (χ0n) is 13.6. The first-order chi connectivity index (χ1) is 10.1. The standard InChI is InChI=1S/C18H29NO2/c1-14-6-4-7-15(2)18(14)21-13-5-10-19-11-8-17(9-12-19)16(3)20/h4,6-7,16-17,20H,5,8-13H2,1-3H3. The van der Waals surface area contributed by atoms with Gasteiger partial charge in [0, 0.05) is 6.54 Å². The molecule has 2 rings (SSSR count). The van der Waals surface area contributed by atoms with Crippen molar-refractivity contribution in [2.75, 3.05) is 26.2 Å². The zero-order chi connectivity index (χ0) is 15.2. The summed E-state index contributed by atoms with van der Waals surface area (Å²) in [6, 6.07) is 6.27. The van der Waals surface area contributed by atoms with Gasteiger partial charge in [0.05, 0.1) is 12.7 Å². The van der Waals surface area contributed by atoms with Crippen molar-refractivity contribution in [2.45, 2.75) is 46.1 Å². The van der Waals surface area contributed by atoms with Crippen molar-refractivity contribution < 1.29 is 9.84 Å². The summed E-state index contributed by atoms with van der Waals surface area (Å²) < 4.78 is 5.95. The Balaban J connectivity index is 1.67. The fraction of sp³-hybridized carbons (Fsp3) is 0.667. The molecule has 0 amide bonds. The lowest BCUT2D eigenvalue weighted by Gasteiger charge is -2.33. The molecular weight excluding hydrogens is 262 g/mol. The number of aliphatic hydroxyl groups is 1. The number of ether oxygens (including phenoxy) is 1. The lowest BCUT2D eigenvalue weighted by atomic mass is 9.92. The van der Waals surface area contributed by atoms with Crippen LogP contribution < -0.4 is 4.74 Å². The highest BCUT2D eigenvalue weighted by molar-refractivity contribution is 5.39. The molecule has 1 atom stereocenters. The van der Waals surface area contributed by atoms with Crippen molar-refractivity contribution in [2.24, 2.45) is 5.92 Å². The molecule has 1 N–H and O–H groups in total. The van der Waals surface area contributed by atoms with E-state index in [-0.39, 0.29) is 6.10 Å². The molecule has 1 aliphatic heterocycles. The summed E-state index contributed by atoms with van der Waals surface area (Å²) in [5, 5.41) is 9.62. The van der Waals surface area contributed by atoms with Gasteiger partial charge < -0.3 is 14.7 Å². The van der Waals surface area contributed by atoms with E-state index in [1.165, 1.54) is 11.1 Å². The molecule has 1 heterocycles. The topological polar surface area (TPSA) is 32.7 Å². The molecule has 21 heavy (non-hydrogen) atoms. The third kappa shape index (κ3) is 4.72. The second kappa shape index (κ2) is 7.81. The summed E-state index contributed by atoms with van der Waals surface area (Å²) in [6.45, 7) is 10.2. The number of hydrogen-bond acceptors (Lipinski definition) is 3. The highest BCUT2D eigenvalue weighted by atomic mass is 16.5. The average molecular weight is 291 g/mol. The Bertz CT molecular complexity index is 417. The zero-order valence-corrected chi connectivity index (χ0v) is 13.6. The summed E-state index contributed by atoms with van der Waals surface area (Å²) in [6.07, 6.45) is 3.15. The Hall–Kier alpha value is -1.06. The fourth-order valence-electron chi connectivity index (χ4n) is 3.15. The minimum atomic E-state index is -0.153. The first kappa shape index (κ1) is 16.3. The van der Waals surface area contributed by atoms with Crippen LogP contribution >= 0.6 is 0 Å². The van der Waals surface area contributed by atoms with Crippen molar-refractivity contribution in [1.82, 2.24) is 4.90 Å². The monoisotopic (exact) mass is 291 g/mol. The predicted octanol–water partition coefficient (Wildman–Crippen LogP) is 3.17. The normalized spacial score (nSPS) is 18.7. The number of hydrogen-bond donors (Lipinski definition) is 1. The molecule has 0 spiro atoms. The van der Waals surface area contributed by atoms with Crippen LogP contribution in [0.5, 0.6) is 5.75 Å². The first-order valence-corrected chi connectivity index (χ1v) is 8.17. The van der Waals surface area contributed by atoms with Crippen LogP contribution in [-0.2, 0) is 0 Å². The Morgan fingerprint density at radius 3 is 2.43 bits per heavy atom. The smallest absolute Gasteiger partial charge is 0.125 e. The molecule has 0 aromatic heterocycles. The average Bonchev–Trinajstić information content (AvgIpc) is 2.46. The molecule has 3 heteroatoms. The van der Waals surface area contributed by atoms with Gasteiger partial charge in [-0.1, -0.05) is 18.2 Å². The van der Waals surface area contributed by atoms with Crippen LogP contribution in [-0.4, -0.2) is 42.4 Å². The van der Waals surface area contributed by atoms with E-state index in [1.54, 1.807) is 0 Å². The van der Waals surface area contributed by atoms with Crippen LogP contribution in [0.3, 0.4) is 0 Å². The number of piperidine rings is 1. The molecule has 1 aromatic carbocycles. The van der Waals surface area contributed by atoms with Gasteiger partial charge in [-0.15, -0.1) is 0 Å². The lowest BCUT2D eigenvalue weighted by Crippen LogP contribution is -2.37. The molecule has 1 aliphatic rings. The van der Waals surface area contributed by atoms with Gasteiger partial charge in [0.2, 0.25) is 0 Å². The van der Waals surface area contributed by atoms with Crippen LogP contribution in [0.25, 0.3) is 0 Å². The van der Waals surface area contributed by atoms with Gasteiger partial charge >= 0.3 is 0 Å². The molecule has 0 radical (unpaired) electrons. The molecule has 0 saturated carbocycles. The first-order valence-electron chi connectivity index (χ1n) is 8.17. The summed E-state index contributed by atoms with van der Waals surface area (Å²) >= 11 is 0. The molecule has 1 fully saturated rings. The molecule has 1 aromatic rings. The van der Waals surface area contributed by atoms with Gasteiger partial charge in [0.25, 0.3) is 0 Å². The maximum Gasteiger partial charge on any atom is 0.125 e. The summed E-state index contributed by atoms with van der Waals surface area (Å²) in [5.41, 5.74) is 2.43. The van der Waals surface area contributed by atoms with Crippen molar-refractivity contribution in [3.05, 3.63) is 29.3 Å².